The number of halogens is 2. The fourth-order valence-electron chi connectivity index (χ4n) is 1.84. The minimum absolute atomic E-state index is 0.529. The highest BCUT2D eigenvalue weighted by molar-refractivity contribution is 14.1. The lowest BCUT2D eigenvalue weighted by Crippen LogP contribution is -1.99. The van der Waals surface area contributed by atoms with Gasteiger partial charge in [-0.25, -0.2) is 9.97 Å². The molecule has 0 bridgehead atoms. The number of aromatic nitrogens is 2. The van der Waals surface area contributed by atoms with Gasteiger partial charge in [0.05, 0.1) is 9.26 Å². The van der Waals surface area contributed by atoms with E-state index in [1.54, 1.807) is 0 Å². The van der Waals surface area contributed by atoms with E-state index in [1.807, 2.05) is 0 Å². The Morgan fingerprint density at radius 1 is 1.16 bits per heavy atom. The molecule has 0 fully saturated rings. The van der Waals surface area contributed by atoms with Gasteiger partial charge in [-0.3, -0.25) is 0 Å². The molecule has 2 rings (SSSR count). The lowest BCUT2D eigenvalue weighted by molar-refractivity contribution is 0.866. The highest BCUT2D eigenvalue weighted by Crippen LogP contribution is 2.25. The third-order valence-electron chi connectivity index (χ3n) is 3.05. The van der Waals surface area contributed by atoms with Crippen LogP contribution >= 0.6 is 34.2 Å². The second-order valence-corrected chi connectivity index (χ2v) is 6.17. The van der Waals surface area contributed by atoms with Crippen molar-refractivity contribution in [2.45, 2.75) is 33.1 Å². The van der Waals surface area contributed by atoms with Gasteiger partial charge in [-0.05, 0) is 40.5 Å². The van der Waals surface area contributed by atoms with Crippen LogP contribution in [0.5, 0.6) is 0 Å². The molecule has 0 amide bonds. The average Bonchev–Trinajstić information content (AvgIpc) is 2.41. The van der Waals surface area contributed by atoms with Crippen molar-refractivity contribution >= 4 is 34.2 Å². The molecule has 4 heteroatoms. The first-order valence-corrected chi connectivity index (χ1v) is 7.80. The number of nitrogens with zero attached hydrogens (tertiary/aromatic N) is 2. The van der Waals surface area contributed by atoms with Gasteiger partial charge in [0.25, 0.3) is 0 Å². The molecule has 1 heterocycles. The van der Waals surface area contributed by atoms with Gasteiger partial charge in [-0.1, -0.05) is 56.6 Å². The molecule has 1 aromatic carbocycles. The second-order valence-electron chi connectivity index (χ2n) is 4.73. The molecule has 1 aromatic heterocycles. The lowest BCUT2D eigenvalue weighted by atomic mass is 10.0. The first-order chi connectivity index (χ1) is 9.02. The summed E-state index contributed by atoms with van der Waals surface area (Å²) < 4.78 is 0.948. The molecule has 100 valence electrons. The van der Waals surface area contributed by atoms with Crippen LogP contribution in [0.3, 0.4) is 0 Å². The molecule has 0 N–H and O–H groups in total. The average molecular weight is 387 g/mol. The summed E-state index contributed by atoms with van der Waals surface area (Å²) in [6.07, 6.45) is 0.859. The zero-order valence-corrected chi connectivity index (χ0v) is 14.2. The Bertz CT molecular complexity index is 579. The van der Waals surface area contributed by atoms with E-state index in [4.69, 9.17) is 11.6 Å². The molecule has 2 nitrogen and oxygen atoms in total. The fraction of sp³-hybridized carbons (Fsp3) is 0.333. The fourth-order valence-corrected chi connectivity index (χ4v) is 2.66. The molecule has 0 saturated carbocycles. The minimum Gasteiger partial charge on any atom is -0.232 e. The number of benzene rings is 1. The SMILES string of the molecule is CCc1nc(-c2ccc(C(C)C)cc2)nc(Cl)c1I. The van der Waals surface area contributed by atoms with Gasteiger partial charge in [0.15, 0.2) is 5.82 Å². The van der Waals surface area contributed by atoms with Gasteiger partial charge in [0.1, 0.15) is 5.15 Å². The van der Waals surface area contributed by atoms with E-state index in [9.17, 15) is 0 Å². The molecule has 0 aliphatic carbocycles. The van der Waals surface area contributed by atoms with Gasteiger partial charge in [-0.15, -0.1) is 0 Å². The first kappa shape index (κ1) is 14.7. The quantitative estimate of drug-likeness (QED) is 0.542. The van der Waals surface area contributed by atoms with Crippen molar-refractivity contribution in [3.63, 3.8) is 0 Å². The van der Waals surface area contributed by atoms with Crippen LogP contribution in [-0.2, 0) is 6.42 Å². The predicted octanol–water partition coefficient (Wildman–Crippen LogP) is 5.09. The van der Waals surface area contributed by atoms with E-state index in [-0.39, 0.29) is 0 Å². The third-order valence-corrected chi connectivity index (χ3v) is 4.78. The Labute approximate surface area is 132 Å². The first-order valence-electron chi connectivity index (χ1n) is 6.35. The van der Waals surface area contributed by atoms with Crippen molar-refractivity contribution < 1.29 is 0 Å². The number of aryl methyl sites for hydroxylation is 1. The van der Waals surface area contributed by atoms with Crippen LogP contribution in [0.2, 0.25) is 5.15 Å². The number of hydrogen-bond acceptors (Lipinski definition) is 2. The minimum atomic E-state index is 0.529. The Hall–Kier alpha value is -0.680. The number of rotatable bonds is 3. The van der Waals surface area contributed by atoms with E-state index in [0.29, 0.717) is 16.9 Å². The summed E-state index contributed by atoms with van der Waals surface area (Å²) in [7, 11) is 0. The third kappa shape index (κ3) is 3.26. The molecular formula is C15H16ClIN2. The summed E-state index contributed by atoms with van der Waals surface area (Å²) in [5.41, 5.74) is 3.33. The largest absolute Gasteiger partial charge is 0.232 e. The topological polar surface area (TPSA) is 25.8 Å². The molecule has 2 aromatic rings. The maximum atomic E-state index is 6.17. The molecular weight excluding hydrogens is 371 g/mol. The Kier molecular flexibility index (Phi) is 4.79. The van der Waals surface area contributed by atoms with Gasteiger partial charge >= 0.3 is 0 Å². The normalized spacial score (nSPS) is 11.1. The van der Waals surface area contributed by atoms with E-state index in [2.05, 4.69) is 77.6 Å². The summed E-state index contributed by atoms with van der Waals surface area (Å²) in [6, 6.07) is 8.38. The molecule has 0 radical (unpaired) electrons. The van der Waals surface area contributed by atoms with E-state index in [0.717, 1.165) is 21.2 Å². The van der Waals surface area contributed by atoms with E-state index < -0.39 is 0 Å². The van der Waals surface area contributed by atoms with Gasteiger partial charge in [-0.2, -0.15) is 0 Å². The maximum absolute atomic E-state index is 6.17. The van der Waals surface area contributed by atoms with Crippen LogP contribution in [0.4, 0.5) is 0 Å². The summed E-state index contributed by atoms with van der Waals surface area (Å²) in [5.74, 6) is 1.24. The molecule has 0 aliphatic rings. The van der Waals surface area contributed by atoms with Crippen LogP contribution in [0.25, 0.3) is 11.4 Å². The van der Waals surface area contributed by atoms with Gasteiger partial charge in [0, 0.05) is 5.56 Å². The zero-order chi connectivity index (χ0) is 14.0. The van der Waals surface area contributed by atoms with Crippen LogP contribution in [0, 0.1) is 3.57 Å². The van der Waals surface area contributed by atoms with Crippen LogP contribution in [0.1, 0.15) is 37.9 Å². The standard InChI is InChI=1S/C15H16ClIN2/c1-4-12-13(17)14(16)19-15(18-12)11-7-5-10(6-8-11)9(2)3/h5-9H,4H2,1-3H3. The van der Waals surface area contributed by atoms with Crippen molar-refractivity contribution in [3.05, 3.63) is 44.2 Å². The van der Waals surface area contributed by atoms with Crippen LogP contribution in [0.15, 0.2) is 24.3 Å². The van der Waals surface area contributed by atoms with Gasteiger partial charge in [0.2, 0.25) is 0 Å². The molecule has 0 unspecified atom stereocenters. The maximum Gasteiger partial charge on any atom is 0.161 e. The number of hydrogen-bond donors (Lipinski definition) is 0. The van der Waals surface area contributed by atoms with E-state index >= 15 is 0 Å². The van der Waals surface area contributed by atoms with Gasteiger partial charge < -0.3 is 0 Å². The van der Waals surface area contributed by atoms with Crippen molar-refractivity contribution in [1.29, 1.82) is 0 Å². The predicted molar refractivity (Wildman–Crippen MR) is 88.7 cm³/mol. The van der Waals surface area contributed by atoms with Crippen LogP contribution < -0.4 is 0 Å². The molecule has 0 spiro atoms. The van der Waals surface area contributed by atoms with Crippen molar-refractivity contribution in [2.24, 2.45) is 0 Å². The summed E-state index contributed by atoms with van der Waals surface area (Å²) >= 11 is 8.37. The van der Waals surface area contributed by atoms with Crippen molar-refractivity contribution in [1.82, 2.24) is 9.97 Å². The summed E-state index contributed by atoms with van der Waals surface area (Å²) in [4.78, 5) is 8.97. The highest BCUT2D eigenvalue weighted by Gasteiger charge is 2.11. The smallest absolute Gasteiger partial charge is 0.161 e. The molecule has 0 atom stereocenters. The summed E-state index contributed by atoms with van der Waals surface area (Å²) in [5, 5.41) is 0.537. The van der Waals surface area contributed by atoms with Crippen molar-refractivity contribution in [2.75, 3.05) is 0 Å². The monoisotopic (exact) mass is 386 g/mol. The molecule has 0 aliphatic heterocycles. The summed E-state index contributed by atoms with van der Waals surface area (Å²) in [6.45, 7) is 6.44. The second kappa shape index (κ2) is 6.18. The van der Waals surface area contributed by atoms with E-state index in [1.165, 1.54) is 5.56 Å². The molecule has 0 saturated heterocycles. The zero-order valence-electron chi connectivity index (χ0n) is 11.2. The van der Waals surface area contributed by atoms with Crippen LogP contribution in [-0.4, -0.2) is 9.97 Å². The highest BCUT2D eigenvalue weighted by atomic mass is 127. The lowest BCUT2D eigenvalue weighted by Gasteiger charge is -2.09. The Morgan fingerprint density at radius 3 is 2.32 bits per heavy atom. The Morgan fingerprint density at radius 2 is 1.79 bits per heavy atom. The van der Waals surface area contributed by atoms with Crippen molar-refractivity contribution in [3.8, 4) is 11.4 Å². The molecule has 19 heavy (non-hydrogen) atoms. The Balaban J connectivity index is 2.44.